The maximum atomic E-state index is 3.31. The molecular formula is C8H14IN. The monoisotopic (exact) mass is 251 g/mol. The lowest BCUT2D eigenvalue weighted by atomic mass is 9.98. The van der Waals surface area contributed by atoms with Gasteiger partial charge in [-0.05, 0) is 26.8 Å². The lowest BCUT2D eigenvalue weighted by molar-refractivity contribution is 0.660. The SMILES string of the molecule is CC(C)(I)C1=CCNCC1. The molecule has 0 amide bonds. The minimum absolute atomic E-state index is 0.361. The Bertz CT molecular complexity index is 144. The molecule has 0 saturated carbocycles. The molecule has 1 aliphatic heterocycles. The molecule has 1 heterocycles. The smallest absolute Gasteiger partial charge is 0.0374 e. The van der Waals surface area contributed by atoms with E-state index in [-0.39, 0.29) is 0 Å². The summed E-state index contributed by atoms with van der Waals surface area (Å²) in [6, 6.07) is 0. The van der Waals surface area contributed by atoms with E-state index in [2.05, 4.69) is 47.8 Å². The van der Waals surface area contributed by atoms with Gasteiger partial charge in [0.25, 0.3) is 0 Å². The number of alkyl halides is 1. The van der Waals surface area contributed by atoms with Crippen molar-refractivity contribution in [3.8, 4) is 0 Å². The molecule has 0 fully saturated rings. The molecule has 10 heavy (non-hydrogen) atoms. The molecule has 0 aromatic carbocycles. The number of hydrogen-bond donors (Lipinski definition) is 1. The van der Waals surface area contributed by atoms with Crippen LogP contribution in [-0.2, 0) is 0 Å². The van der Waals surface area contributed by atoms with Crippen LogP contribution in [0.25, 0.3) is 0 Å². The number of rotatable bonds is 1. The largest absolute Gasteiger partial charge is 0.313 e. The van der Waals surface area contributed by atoms with Crippen LogP contribution in [0.4, 0.5) is 0 Å². The molecule has 0 aromatic heterocycles. The van der Waals surface area contributed by atoms with Crippen LogP contribution in [0.1, 0.15) is 20.3 Å². The fourth-order valence-electron chi connectivity index (χ4n) is 1.16. The summed E-state index contributed by atoms with van der Waals surface area (Å²) < 4.78 is 0.361. The molecule has 1 aliphatic rings. The molecule has 1 nitrogen and oxygen atoms in total. The Morgan fingerprint density at radius 1 is 1.60 bits per heavy atom. The Balaban J connectivity index is 2.62. The van der Waals surface area contributed by atoms with Crippen molar-refractivity contribution in [2.75, 3.05) is 13.1 Å². The van der Waals surface area contributed by atoms with E-state index >= 15 is 0 Å². The Kier molecular flexibility index (Phi) is 2.74. The summed E-state index contributed by atoms with van der Waals surface area (Å²) in [7, 11) is 0. The highest BCUT2D eigenvalue weighted by Gasteiger charge is 2.19. The number of hydrogen-bond acceptors (Lipinski definition) is 1. The van der Waals surface area contributed by atoms with Crippen molar-refractivity contribution in [1.82, 2.24) is 5.32 Å². The van der Waals surface area contributed by atoms with Crippen LogP contribution in [0, 0.1) is 0 Å². The topological polar surface area (TPSA) is 12.0 Å². The molecule has 0 saturated heterocycles. The molecule has 58 valence electrons. The van der Waals surface area contributed by atoms with Crippen molar-refractivity contribution in [2.24, 2.45) is 0 Å². The van der Waals surface area contributed by atoms with Gasteiger partial charge in [0.1, 0.15) is 0 Å². The quantitative estimate of drug-likeness (QED) is 0.427. The van der Waals surface area contributed by atoms with E-state index in [4.69, 9.17) is 0 Å². The second-order valence-corrected chi connectivity index (χ2v) is 5.85. The molecule has 1 rings (SSSR count). The zero-order chi connectivity index (χ0) is 7.61. The highest BCUT2D eigenvalue weighted by atomic mass is 127. The zero-order valence-electron chi connectivity index (χ0n) is 6.58. The highest BCUT2D eigenvalue weighted by molar-refractivity contribution is 14.1. The summed E-state index contributed by atoms with van der Waals surface area (Å²) in [5.41, 5.74) is 1.59. The Labute approximate surface area is 76.4 Å². The van der Waals surface area contributed by atoms with Crippen molar-refractivity contribution >= 4 is 22.6 Å². The van der Waals surface area contributed by atoms with Gasteiger partial charge in [0.05, 0.1) is 0 Å². The van der Waals surface area contributed by atoms with E-state index in [0.29, 0.717) is 3.42 Å². The fraction of sp³-hybridized carbons (Fsp3) is 0.750. The predicted molar refractivity (Wildman–Crippen MR) is 53.7 cm³/mol. The average molecular weight is 251 g/mol. The third-order valence-electron chi connectivity index (χ3n) is 1.83. The molecule has 1 N–H and O–H groups in total. The molecule has 2 heteroatoms. The van der Waals surface area contributed by atoms with Crippen LogP contribution in [0.3, 0.4) is 0 Å². The molecule has 0 bridgehead atoms. The second-order valence-electron chi connectivity index (χ2n) is 3.16. The Morgan fingerprint density at radius 3 is 2.60 bits per heavy atom. The van der Waals surface area contributed by atoms with Gasteiger partial charge in [-0.25, -0.2) is 0 Å². The van der Waals surface area contributed by atoms with Crippen molar-refractivity contribution in [3.63, 3.8) is 0 Å². The fourth-order valence-corrected chi connectivity index (χ4v) is 1.65. The van der Waals surface area contributed by atoms with Gasteiger partial charge < -0.3 is 5.32 Å². The first-order valence-electron chi connectivity index (χ1n) is 3.70. The summed E-state index contributed by atoms with van der Waals surface area (Å²) in [4.78, 5) is 0. The van der Waals surface area contributed by atoms with Gasteiger partial charge in [0, 0.05) is 9.97 Å². The van der Waals surface area contributed by atoms with Gasteiger partial charge in [-0.1, -0.05) is 34.2 Å². The first-order chi connectivity index (χ1) is 4.61. The van der Waals surface area contributed by atoms with Crippen LogP contribution in [0.5, 0.6) is 0 Å². The number of nitrogens with one attached hydrogen (secondary N) is 1. The molecule has 0 atom stereocenters. The minimum atomic E-state index is 0.361. The summed E-state index contributed by atoms with van der Waals surface area (Å²) in [5.74, 6) is 0. The Hall–Kier alpha value is 0.430. The normalized spacial score (nSPS) is 20.5. The first kappa shape index (κ1) is 8.53. The van der Waals surface area contributed by atoms with Gasteiger partial charge in [-0.15, -0.1) is 0 Å². The third kappa shape index (κ3) is 2.23. The van der Waals surface area contributed by atoms with Crippen LogP contribution in [0.15, 0.2) is 11.6 Å². The molecule has 0 unspecified atom stereocenters. The van der Waals surface area contributed by atoms with Gasteiger partial charge in [-0.3, -0.25) is 0 Å². The maximum Gasteiger partial charge on any atom is 0.0374 e. The van der Waals surface area contributed by atoms with E-state index < -0.39 is 0 Å². The van der Waals surface area contributed by atoms with Gasteiger partial charge in [-0.2, -0.15) is 0 Å². The maximum absolute atomic E-state index is 3.31. The van der Waals surface area contributed by atoms with E-state index in [9.17, 15) is 0 Å². The van der Waals surface area contributed by atoms with Crippen molar-refractivity contribution in [2.45, 2.75) is 23.7 Å². The summed E-state index contributed by atoms with van der Waals surface area (Å²) in [5, 5.41) is 3.31. The van der Waals surface area contributed by atoms with E-state index in [1.165, 1.54) is 6.42 Å². The lowest BCUT2D eigenvalue weighted by Crippen LogP contribution is -2.26. The van der Waals surface area contributed by atoms with Crippen LogP contribution >= 0.6 is 22.6 Å². The van der Waals surface area contributed by atoms with Crippen LogP contribution in [-0.4, -0.2) is 16.5 Å². The minimum Gasteiger partial charge on any atom is -0.313 e. The van der Waals surface area contributed by atoms with E-state index in [1.807, 2.05) is 0 Å². The molecule has 0 aliphatic carbocycles. The van der Waals surface area contributed by atoms with E-state index in [0.717, 1.165) is 13.1 Å². The molecule has 0 radical (unpaired) electrons. The van der Waals surface area contributed by atoms with Gasteiger partial charge in [0.15, 0.2) is 0 Å². The van der Waals surface area contributed by atoms with Crippen LogP contribution in [0.2, 0.25) is 0 Å². The summed E-state index contributed by atoms with van der Waals surface area (Å²) in [6.45, 7) is 6.75. The number of halogens is 1. The summed E-state index contributed by atoms with van der Waals surface area (Å²) in [6.07, 6.45) is 3.53. The van der Waals surface area contributed by atoms with Crippen molar-refractivity contribution in [1.29, 1.82) is 0 Å². The van der Waals surface area contributed by atoms with Gasteiger partial charge >= 0.3 is 0 Å². The van der Waals surface area contributed by atoms with Crippen LogP contribution < -0.4 is 5.32 Å². The average Bonchev–Trinajstić information content (AvgIpc) is 1.88. The second kappa shape index (κ2) is 3.22. The van der Waals surface area contributed by atoms with Crippen molar-refractivity contribution < 1.29 is 0 Å². The van der Waals surface area contributed by atoms with Gasteiger partial charge in [0.2, 0.25) is 0 Å². The van der Waals surface area contributed by atoms with E-state index in [1.54, 1.807) is 5.57 Å². The molecule has 0 spiro atoms. The summed E-state index contributed by atoms with van der Waals surface area (Å²) >= 11 is 2.50. The zero-order valence-corrected chi connectivity index (χ0v) is 8.73. The highest BCUT2D eigenvalue weighted by Crippen LogP contribution is 2.29. The lowest BCUT2D eigenvalue weighted by Gasteiger charge is -2.24. The third-order valence-corrected chi connectivity index (χ3v) is 2.52. The Morgan fingerprint density at radius 2 is 2.30 bits per heavy atom. The predicted octanol–water partition coefficient (Wildman–Crippen LogP) is 2.12. The van der Waals surface area contributed by atoms with Crippen molar-refractivity contribution in [3.05, 3.63) is 11.6 Å². The molecule has 0 aromatic rings. The standard InChI is InChI=1S/C8H14IN/c1-8(2,9)7-3-5-10-6-4-7/h3,10H,4-6H2,1-2H3. The first-order valence-corrected chi connectivity index (χ1v) is 4.78. The molecular weight excluding hydrogens is 237 g/mol.